The zero-order chi connectivity index (χ0) is 14.9. The smallest absolute Gasteiger partial charge is 0.125 e. The van der Waals surface area contributed by atoms with Gasteiger partial charge in [-0.25, -0.2) is 8.78 Å². The highest BCUT2D eigenvalue weighted by molar-refractivity contribution is 9.11. The van der Waals surface area contributed by atoms with Crippen molar-refractivity contribution in [2.45, 2.75) is 13.0 Å². The van der Waals surface area contributed by atoms with Crippen molar-refractivity contribution in [2.75, 3.05) is 5.32 Å². The van der Waals surface area contributed by atoms with E-state index in [1.807, 2.05) is 6.92 Å². The molecule has 0 aromatic heterocycles. The number of halogens is 5. The average Bonchev–Trinajstić information content (AvgIpc) is 2.33. The third-order valence-electron chi connectivity index (χ3n) is 2.80. The zero-order valence-electron chi connectivity index (χ0n) is 10.4. The molecule has 0 aliphatic rings. The van der Waals surface area contributed by atoms with E-state index in [0.717, 1.165) is 5.56 Å². The molecule has 106 valence electrons. The minimum atomic E-state index is -0.414. The first-order valence-corrected chi connectivity index (χ1v) is 7.71. The van der Waals surface area contributed by atoms with Crippen LogP contribution in [-0.4, -0.2) is 0 Å². The summed E-state index contributed by atoms with van der Waals surface area (Å²) < 4.78 is 27.5. The molecule has 1 nitrogen and oxygen atoms in total. The lowest BCUT2D eigenvalue weighted by molar-refractivity contribution is 0.624. The van der Waals surface area contributed by atoms with E-state index in [2.05, 4.69) is 37.2 Å². The van der Waals surface area contributed by atoms with Crippen molar-refractivity contribution in [2.24, 2.45) is 0 Å². The van der Waals surface area contributed by atoms with Crippen LogP contribution >= 0.6 is 43.5 Å². The number of benzene rings is 2. The summed E-state index contributed by atoms with van der Waals surface area (Å²) in [6.45, 7) is 1.91. The van der Waals surface area contributed by atoms with Crippen molar-refractivity contribution >= 4 is 49.1 Å². The summed E-state index contributed by atoms with van der Waals surface area (Å²) in [4.78, 5) is 0. The molecule has 0 aliphatic carbocycles. The first-order chi connectivity index (χ1) is 9.38. The van der Waals surface area contributed by atoms with E-state index in [1.165, 1.54) is 24.3 Å². The van der Waals surface area contributed by atoms with Crippen molar-refractivity contribution in [3.63, 3.8) is 0 Å². The Morgan fingerprint density at radius 1 is 1.05 bits per heavy atom. The van der Waals surface area contributed by atoms with E-state index in [-0.39, 0.29) is 16.9 Å². The third kappa shape index (κ3) is 3.51. The number of hydrogen-bond donors (Lipinski definition) is 1. The predicted octanol–water partition coefficient (Wildman–Crippen LogP) is 6.32. The Morgan fingerprint density at radius 2 is 1.70 bits per heavy atom. The Kier molecular flexibility index (Phi) is 5.04. The highest BCUT2D eigenvalue weighted by Gasteiger charge is 2.14. The van der Waals surface area contributed by atoms with Gasteiger partial charge in [0, 0.05) is 15.0 Å². The van der Waals surface area contributed by atoms with Gasteiger partial charge in [0.25, 0.3) is 0 Å². The highest BCUT2D eigenvalue weighted by atomic mass is 79.9. The SMILES string of the molecule is CC(Nc1c(Cl)cc(F)cc1Br)c1ccc(F)cc1Br. The molecule has 0 fully saturated rings. The summed E-state index contributed by atoms with van der Waals surface area (Å²) in [6.07, 6.45) is 0. The summed E-state index contributed by atoms with van der Waals surface area (Å²) in [5.41, 5.74) is 1.47. The molecule has 1 N–H and O–H groups in total. The van der Waals surface area contributed by atoms with Crippen molar-refractivity contribution < 1.29 is 8.78 Å². The molecular weight excluding hydrogens is 415 g/mol. The van der Waals surface area contributed by atoms with Crippen LogP contribution in [0.4, 0.5) is 14.5 Å². The van der Waals surface area contributed by atoms with Gasteiger partial charge in [0.05, 0.1) is 10.7 Å². The van der Waals surface area contributed by atoms with E-state index in [1.54, 1.807) is 6.07 Å². The fourth-order valence-corrected chi connectivity index (χ4v) is 3.44. The van der Waals surface area contributed by atoms with Crippen LogP contribution in [0.2, 0.25) is 5.02 Å². The van der Waals surface area contributed by atoms with Crippen LogP contribution in [0.5, 0.6) is 0 Å². The Hall–Kier alpha value is -0.650. The lowest BCUT2D eigenvalue weighted by Crippen LogP contribution is -2.08. The van der Waals surface area contributed by atoms with Crippen LogP contribution in [0.3, 0.4) is 0 Å². The first kappa shape index (κ1) is 15.7. The predicted molar refractivity (Wildman–Crippen MR) is 85.2 cm³/mol. The number of anilines is 1. The van der Waals surface area contributed by atoms with Crippen molar-refractivity contribution in [1.82, 2.24) is 0 Å². The zero-order valence-corrected chi connectivity index (χ0v) is 14.3. The van der Waals surface area contributed by atoms with E-state index in [0.29, 0.717) is 14.6 Å². The average molecular weight is 425 g/mol. The van der Waals surface area contributed by atoms with Crippen LogP contribution < -0.4 is 5.32 Å². The topological polar surface area (TPSA) is 12.0 Å². The first-order valence-electron chi connectivity index (χ1n) is 5.74. The molecule has 0 aliphatic heterocycles. The van der Waals surface area contributed by atoms with Crippen molar-refractivity contribution in [3.05, 3.63) is 61.5 Å². The number of nitrogens with one attached hydrogen (secondary N) is 1. The molecule has 2 aromatic rings. The second-order valence-corrected chi connectivity index (χ2v) is 6.39. The number of rotatable bonds is 3. The molecule has 0 bridgehead atoms. The summed E-state index contributed by atoms with van der Waals surface area (Å²) >= 11 is 12.6. The summed E-state index contributed by atoms with van der Waals surface area (Å²) in [5, 5.41) is 3.46. The van der Waals surface area contributed by atoms with Gasteiger partial charge in [0.15, 0.2) is 0 Å². The second-order valence-electron chi connectivity index (χ2n) is 4.28. The lowest BCUT2D eigenvalue weighted by Gasteiger charge is -2.19. The monoisotopic (exact) mass is 423 g/mol. The normalized spacial score (nSPS) is 12.3. The summed E-state index contributed by atoms with van der Waals surface area (Å²) in [7, 11) is 0. The Balaban J connectivity index is 2.30. The molecule has 0 heterocycles. The van der Waals surface area contributed by atoms with Crippen LogP contribution in [0.1, 0.15) is 18.5 Å². The van der Waals surface area contributed by atoms with E-state index >= 15 is 0 Å². The summed E-state index contributed by atoms with van der Waals surface area (Å²) in [6, 6.07) is 6.91. The van der Waals surface area contributed by atoms with Gasteiger partial charge in [0.2, 0.25) is 0 Å². The van der Waals surface area contributed by atoms with Crippen LogP contribution in [-0.2, 0) is 0 Å². The Labute approximate surface area is 137 Å². The third-order valence-corrected chi connectivity index (χ3v) is 4.41. The molecule has 0 spiro atoms. The molecule has 2 rings (SSSR count). The van der Waals surface area contributed by atoms with Gasteiger partial charge >= 0.3 is 0 Å². The van der Waals surface area contributed by atoms with E-state index in [4.69, 9.17) is 11.6 Å². The van der Waals surface area contributed by atoms with Gasteiger partial charge in [-0.15, -0.1) is 0 Å². The van der Waals surface area contributed by atoms with Crippen molar-refractivity contribution in [1.29, 1.82) is 0 Å². The van der Waals surface area contributed by atoms with Crippen LogP contribution in [0.25, 0.3) is 0 Å². The molecule has 20 heavy (non-hydrogen) atoms. The highest BCUT2D eigenvalue weighted by Crippen LogP contribution is 2.35. The van der Waals surface area contributed by atoms with Gasteiger partial charge in [-0.3, -0.25) is 0 Å². The second kappa shape index (κ2) is 6.41. The molecule has 0 radical (unpaired) electrons. The van der Waals surface area contributed by atoms with E-state index < -0.39 is 5.82 Å². The minimum Gasteiger partial charge on any atom is -0.376 e. The van der Waals surface area contributed by atoms with Gasteiger partial charge in [-0.05, 0) is 52.7 Å². The Morgan fingerprint density at radius 3 is 2.30 bits per heavy atom. The van der Waals surface area contributed by atoms with Gasteiger partial charge < -0.3 is 5.32 Å². The largest absolute Gasteiger partial charge is 0.376 e. The molecule has 2 aromatic carbocycles. The molecule has 1 unspecified atom stereocenters. The van der Waals surface area contributed by atoms with Crippen LogP contribution in [0, 0.1) is 11.6 Å². The number of hydrogen-bond acceptors (Lipinski definition) is 1. The maximum Gasteiger partial charge on any atom is 0.125 e. The fourth-order valence-electron chi connectivity index (χ4n) is 1.83. The Bertz CT molecular complexity index is 626. The minimum absolute atomic E-state index is 0.135. The van der Waals surface area contributed by atoms with Gasteiger partial charge in [-0.2, -0.15) is 0 Å². The standard InChI is InChI=1S/C14H10Br2ClF2N/c1-7(10-3-2-8(18)4-11(10)15)20-14-12(16)5-9(19)6-13(14)17/h2-7,20H,1H3. The molecule has 6 heteroatoms. The fraction of sp³-hybridized carbons (Fsp3) is 0.143. The molecule has 1 atom stereocenters. The maximum atomic E-state index is 13.2. The van der Waals surface area contributed by atoms with Gasteiger partial charge in [-0.1, -0.05) is 33.6 Å². The van der Waals surface area contributed by atoms with Crippen LogP contribution in [0.15, 0.2) is 39.3 Å². The van der Waals surface area contributed by atoms with E-state index in [9.17, 15) is 8.78 Å². The molecular formula is C14H10Br2ClF2N. The van der Waals surface area contributed by atoms with Gasteiger partial charge in [0.1, 0.15) is 11.6 Å². The molecule has 0 saturated heterocycles. The summed E-state index contributed by atoms with van der Waals surface area (Å²) in [5.74, 6) is -0.725. The molecule has 0 saturated carbocycles. The quantitative estimate of drug-likeness (QED) is 0.607. The lowest BCUT2D eigenvalue weighted by atomic mass is 10.1. The van der Waals surface area contributed by atoms with Crippen molar-refractivity contribution in [3.8, 4) is 0 Å². The maximum absolute atomic E-state index is 13.2. The molecule has 0 amide bonds.